The van der Waals surface area contributed by atoms with Gasteiger partial charge >= 0.3 is 6.18 Å². The molecule has 1 fully saturated rings. The summed E-state index contributed by atoms with van der Waals surface area (Å²) in [6.45, 7) is 0. The summed E-state index contributed by atoms with van der Waals surface area (Å²) < 4.78 is 38.4. The van der Waals surface area contributed by atoms with Crippen LogP contribution >= 0.6 is 0 Å². The van der Waals surface area contributed by atoms with Gasteiger partial charge in [0.05, 0.1) is 16.8 Å². The predicted octanol–water partition coefficient (Wildman–Crippen LogP) is 4.33. The predicted molar refractivity (Wildman–Crippen MR) is 92.0 cm³/mol. The summed E-state index contributed by atoms with van der Waals surface area (Å²) in [5, 5.41) is 2.47. The van der Waals surface area contributed by atoms with Crippen LogP contribution < -0.4 is 10.2 Å². The molecule has 1 saturated carbocycles. The maximum Gasteiger partial charge on any atom is 0.416 e. The van der Waals surface area contributed by atoms with E-state index in [0.29, 0.717) is 5.69 Å². The number of rotatable bonds is 4. The van der Waals surface area contributed by atoms with E-state index in [1.807, 2.05) is 0 Å². The maximum absolute atomic E-state index is 12.8. The van der Waals surface area contributed by atoms with Crippen LogP contribution in [0, 0.1) is 5.92 Å². The molecular formula is C19H17F3N2O2. The molecule has 26 heavy (non-hydrogen) atoms. The minimum atomic E-state index is -4.49. The van der Waals surface area contributed by atoms with Crippen LogP contribution in [0.1, 0.15) is 28.8 Å². The summed E-state index contributed by atoms with van der Waals surface area (Å²) in [5.74, 6) is -0.653. The van der Waals surface area contributed by atoms with Crippen molar-refractivity contribution in [2.75, 3.05) is 17.3 Å². The number of carbonyl (C=O) groups excluding carboxylic acids is 2. The molecule has 3 rings (SSSR count). The highest BCUT2D eigenvalue weighted by Crippen LogP contribution is 2.33. The van der Waals surface area contributed by atoms with Gasteiger partial charge < -0.3 is 10.2 Å². The van der Waals surface area contributed by atoms with E-state index in [-0.39, 0.29) is 23.1 Å². The minimum absolute atomic E-state index is 0.0143. The number of benzene rings is 2. The molecule has 0 bridgehead atoms. The molecule has 0 atom stereocenters. The van der Waals surface area contributed by atoms with Gasteiger partial charge in [0.1, 0.15) is 0 Å². The van der Waals surface area contributed by atoms with Crippen LogP contribution in [0.2, 0.25) is 0 Å². The van der Waals surface area contributed by atoms with Gasteiger partial charge in [-0.15, -0.1) is 0 Å². The number of hydrogen-bond donors (Lipinski definition) is 1. The zero-order chi connectivity index (χ0) is 18.9. The zero-order valence-corrected chi connectivity index (χ0v) is 14.0. The van der Waals surface area contributed by atoms with Crippen LogP contribution in [0.4, 0.5) is 24.5 Å². The number of anilines is 2. The van der Waals surface area contributed by atoms with Crippen LogP contribution in [0.5, 0.6) is 0 Å². The molecule has 0 unspecified atom stereocenters. The lowest BCUT2D eigenvalue weighted by Gasteiger charge is -2.20. The fourth-order valence-electron chi connectivity index (χ4n) is 2.65. The Morgan fingerprint density at radius 3 is 2.42 bits per heavy atom. The van der Waals surface area contributed by atoms with Gasteiger partial charge in [-0.1, -0.05) is 18.2 Å². The minimum Gasteiger partial charge on any atom is -0.322 e. The second-order valence-electron chi connectivity index (χ2n) is 6.22. The lowest BCUT2D eigenvalue weighted by Crippen LogP contribution is -2.30. The molecule has 136 valence electrons. The Balaban J connectivity index is 1.84. The number of halogens is 3. The molecule has 2 aromatic carbocycles. The number of nitrogens with one attached hydrogen (secondary N) is 1. The van der Waals surface area contributed by atoms with E-state index in [1.54, 1.807) is 25.2 Å². The normalized spacial score (nSPS) is 14.0. The largest absolute Gasteiger partial charge is 0.416 e. The molecule has 1 aliphatic carbocycles. The Labute approximate surface area is 148 Å². The van der Waals surface area contributed by atoms with E-state index >= 15 is 0 Å². The number of para-hydroxylation sites is 1. The average Bonchev–Trinajstić information content (AvgIpc) is 3.45. The molecule has 0 radical (unpaired) electrons. The number of alkyl halides is 3. The van der Waals surface area contributed by atoms with Crippen LogP contribution in [0.25, 0.3) is 0 Å². The zero-order valence-electron chi connectivity index (χ0n) is 14.0. The van der Waals surface area contributed by atoms with Crippen molar-refractivity contribution in [2.24, 2.45) is 5.92 Å². The Morgan fingerprint density at radius 2 is 1.77 bits per heavy atom. The molecule has 4 nitrogen and oxygen atoms in total. The van der Waals surface area contributed by atoms with E-state index in [2.05, 4.69) is 5.32 Å². The summed E-state index contributed by atoms with van der Waals surface area (Å²) in [6, 6.07) is 10.9. The fourth-order valence-corrected chi connectivity index (χ4v) is 2.65. The molecule has 2 aromatic rings. The van der Waals surface area contributed by atoms with Crippen molar-refractivity contribution in [1.82, 2.24) is 0 Å². The molecule has 0 heterocycles. The van der Waals surface area contributed by atoms with Crippen LogP contribution in [0.3, 0.4) is 0 Å². The molecule has 1 aliphatic rings. The van der Waals surface area contributed by atoms with Crippen LogP contribution in [0.15, 0.2) is 48.5 Å². The topological polar surface area (TPSA) is 49.4 Å². The Morgan fingerprint density at radius 1 is 1.08 bits per heavy atom. The monoisotopic (exact) mass is 362 g/mol. The standard InChI is InChI=1S/C19H17F3N2O2/c1-24(18(26)12-9-10-12)16-8-3-2-7-15(16)17(25)23-14-6-4-5-13(11-14)19(20,21)22/h2-8,11-12H,9-10H2,1H3,(H,23,25). The molecule has 0 spiro atoms. The molecule has 0 aromatic heterocycles. The summed E-state index contributed by atoms with van der Waals surface area (Å²) in [5.41, 5.74) is -0.157. The van der Waals surface area contributed by atoms with Gasteiger partial charge in [-0.05, 0) is 43.2 Å². The van der Waals surface area contributed by atoms with Crippen molar-refractivity contribution in [3.8, 4) is 0 Å². The number of carbonyl (C=O) groups is 2. The lowest BCUT2D eigenvalue weighted by atomic mass is 10.1. The van der Waals surface area contributed by atoms with E-state index < -0.39 is 17.6 Å². The molecule has 0 saturated heterocycles. The SMILES string of the molecule is CN(C(=O)C1CC1)c1ccccc1C(=O)Nc1cccc(C(F)(F)F)c1. The van der Waals surface area contributed by atoms with Crippen LogP contribution in [-0.4, -0.2) is 18.9 Å². The Bertz CT molecular complexity index is 845. The van der Waals surface area contributed by atoms with Gasteiger partial charge in [0.2, 0.25) is 5.91 Å². The third-order valence-electron chi connectivity index (χ3n) is 4.21. The third-order valence-corrected chi connectivity index (χ3v) is 4.21. The average molecular weight is 362 g/mol. The van der Waals surface area contributed by atoms with Gasteiger partial charge in [0.15, 0.2) is 0 Å². The van der Waals surface area contributed by atoms with E-state index in [0.717, 1.165) is 25.0 Å². The first-order chi connectivity index (χ1) is 12.3. The quantitative estimate of drug-likeness (QED) is 0.880. The Hall–Kier alpha value is -2.83. The second-order valence-corrected chi connectivity index (χ2v) is 6.22. The molecule has 1 N–H and O–H groups in total. The summed E-state index contributed by atoms with van der Waals surface area (Å²) >= 11 is 0. The maximum atomic E-state index is 12.8. The van der Waals surface area contributed by atoms with E-state index in [4.69, 9.17) is 0 Å². The third kappa shape index (κ3) is 3.87. The van der Waals surface area contributed by atoms with Gasteiger partial charge in [0, 0.05) is 18.7 Å². The highest BCUT2D eigenvalue weighted by atomic mass is 19.4. The van der Waals surface area contributed by atoms with Gasteiger partial charge in [-0.25, -0.2) is 0 Å². The smallest absolute Gasteiger partial charge is 0.322 e. The Kier molecular flexibility index (Phi) is 4.71. The second kappa shape index (κ2) is 6.82. The van der Waals surface area contributed by atoms with E-state index in [9.17, 15) is 22.8 Å². The summed E-state index contributed by atoms with van der Waals surface area (Å²) in [4.78, 5) is 26.3. The molecule has 2 amide bonds. The van der Waals surface area contributed by atoms with Crippen molar-refractivity contribution < 1.29 is 22.8 Å². The van der Waals surface area contributed by atoms with Crippen molar-refractivity contribution in [3.63, 3.8) is 0 Å². The number of amides is 2. The summed E-state index contributed by atoms with van der Waals surface area (Å²) in [7, 11) is 1.59. The first-order valence-corrected chi connectivity index (χ1v) is 8.12. The first kappa shape index (κ1) is 18.0. The van der Waals surface area contributed by atoms with Crippen molar-refractivity contribution >= 4 is 23.2 Å². The lowest BCUT2D eigenvalue weighted by molar-refractivity contribution is -0.137. The van der Waals surface area contributed by atoms with Crippen molar-refractivity contribution in [2.45, 2.75) is 19.0 Å². The van der Waals surface area contributed by atoms with Gasteiger partial charge in [-0.3, -0.25) is 9.59 Å². The highest BCUT2D eigenvalue weighted by molar-refractivity contribution is 6.10. The van der Waals surface area contributed by atoms with E-state index in [1.165, 1.54) is 23.1 Å². The molecule has 0 aliphatic heterocycles. The first-order valence-electron chi connectivity index (χ1n) is 8.12. The van der Waals surface area contributed by atoms with Crippen LogP contribution in [-0.2, 0) is 11.0 Å². The number of hydrogen-bond acceptors (Lipinski definition) is 2. The molecular weight excluding hydrogens is 345 g/mol. The number of nitrogens with zero attached hydrogens (tertiary/aromatic N) is 1. The molecule has 7 heteroatoms. The van der Waals surface area contributed by atoms with Gasteiger partial charge in [-0.2, -0.15) is 13.2 Å². The highest BCUT2D eigenvalue weighted by Gasteiger charge is 2.33. The summed E-state index contributed by atoms with van der Waals surface area (Å²) in [6.07, 6.45) is -2.82. The fraction of sp³-hybridized carbons (Fsp3) is 0.263. The van der Waals surface area contributed by atoms with Crippen molar-refractivity contribution in [3.05, 3.63) is 59.7 Å². The van der Waals surface area contributed by atoms with Gasteiger partial charge in [0.25, 0.3) is 5.91 Å². The van der Waals surface area contributed by atoms with Crippen molar-refractivity contribution in [1.29, 1.82) is 0 Å².